The fraction of sp³-hybridized carbons (Fsp3) is 0.417. The maximum absolute atomic E-state index is 12.2. The lowest BCUT2D eigenvalue weighted by Gasteiger charge is -2.34. The lowest BCUT2D eigenvalue weighted by atomic mass is 10.1. The molecule has 160 valence electrons. The molecule has 0 unspecified atom stereocenters. The number of carbonyl (C=O) groups excluding carboxylic acids is 2. The first-order valence-corrected chi connectivity index (χ1v) is 10.4. The molecular formula is C24H30N2O4. The SMILES string of the molecule is Cc1ccccc1C(=O)OCCN1CCN(CCOC(=O)c2ccccc2C)CC1. The van der Waals surface area contributed by atoms with Crippen LogP contribution in [-0.4, -0.2) is 74.2 Å². The molecule has 1 heterocycles. The lowest BCUT2D eigenvalue weighted by Crippen LogP contribution is -2.48. The first kappa shape index (κ1) is 22.0. The summed E-state index contributed by atoms with van der Waals surface area (Å²) in [5.41, 5.74) is 3.11. The van der Waals surface area contributed by atoms with Crippen molar-refractivity contribution in [2.75, 3.05) is 52.5 Å². The molecule has 6 heteroatoms. The zero-order valence-corrected chi connectivity index (χ0v) is 17.8. The standard InChI is InChI=1S/C24H30N2O4/c1-19-7-3-5-9-21(19)23(27)29-17-15-25-11-13-26(14-12-25)16-18-30-24(28)22-10-6-4-8-20(22)2/h3-10H,11-18H2,1-2H3. The third kappa shape index (κ3) is 6.15. The average molecular weight is 411 g/mol. The summed E-state index contributed by atoms with van der Waals surface area (Å²) in [7, 11) is 0. The van der Waals surface area contributed by atoms with Crippen LogP contribution >= 0.6 is 0 Å². The zero-order valence-electron chi connectivity index (χ0n) is 17.8. The van der Waals surface area contributed by atoms with E-state index in [9.17, 15) is 9.59 Å². The Morgan fingerprint density at radius 3 is 1.43 bits per heavy atom. The minimum atomic E-state index is -0.262. The van der Waals surface area contributed by atoms with E-state index in [2.05, 4.69) is 9.80 Å². The fourth-order valence-electron chi connectivity index (χ4n) is 3.53. The van der Waals surface area contributed by atoms with E-state index in [0.717, 1.165) is 50.4 Å². The van der Waals surface area contributed by atoms with Gasteiger partial charge in [0.2, 0.25) is 0 Å². The monoisotopic (exact) mass is 410 g/mol. The van der Waals surface area contributed by atoms with Crippen LogP contribution in [0.1, 0.15) is 31.8 Å². The van der Waals surface area contributed by atoms with Crippen molar-refractivity contribution in [2.45, 2.75) is 13.8 Å². The zero-order chi connectivity index (χ0) is 21.3. The van der Waals surface area contributed by atoms with Gasteiger partial charge in [0.05, 0.1) is 11.1 Å². The summed E-state index contributed by atoms with van der Waals surface area (Å²) in [6.45, 7) is 9.70. The Bertz CT molecular complexity index is 788. The Kier molecular flexibility index (Phi) is 7.99. The Balaban J connectivity index is 1.30. The molecule has 2 aromatic carbocycles. The number of hydrogen-bond donors (Lipinski definition) is 0. The van der Waals surface area contributed by atoms with Gasteiger partial charge in [-0.3, -0.25) is 9.80 Å². The molecule has 0 N–H and O–H groups in total. The fourth-order valence-corrected chi connectivity index (χ4v) is 3.53. The van der Waals surface area contributed by atoms with Crippen LogP contribution in [0.15, 0.2) is 48.5 Å². The van der Waals surface area contributed by atoms with Gasteiger partial charge in [-0.1, -0.05) is 36.4 Å². The highest BCUT2D eigenvalue weighted by molar-refractivity contribution is 5.91. The molecule has 1 saturated heterocycles. The maximum Gasteiger partial charge on any atom is 0.338 e. The van der Waals surface area contributed by atoms with Crippen LogP contribution in [0.3, 0.4) is 0 Å². The summed E-state index contributed by atoms with van der Waals surface area (Å²) in [6.07, 6.45) is 0. The number of esters is 2. The third-order valence-electron chi connectivity index (χ3n) is 5.48. The van der Waals surface area contributed by atoms with Gasteiger partial charge in [-0.2, -0.15) is 0 Å². The molecule has 0 amide bonds. The minimum absolute atomic E-state index is 0.262. The van der Waals surface area contributed by atoms with E-state index in [1.165, 1.54) is 0 Å². The Morgan fingerprint density at radius 2 is 1.07 bits per heavy atom. The molecule has 0 aliphatic carbocycles. The minimum Gasteiger partial charge on any atom is -0.461 e. The number of nitrogens with zero attached hydrogens (tertiary/aromatic N) is 2. The van der Waals surface area contributed by atoms with Crippen LogP contribution in [0, 0.1) is 13.8 Å². The van der Waals surface area contributed by atoms with Gasteiger partial charge >= 0.3 is 11.9 Å². The Labute approximate surface area is 178 Å². The van der Waals surface area contributed by atoms with E-state index in [1.807, 2.05) is 50.2 Å². The normalized spacial score (nSPS) is 15.0. The highest BCUT2D eigenvalue weighted by Crippen LogP contribution is 2.10. The molecule has 0 spiro atoms. The van der Waals surface area contributed by atoms with Crippen LogP contribution < -0.4 is 0 Å². The van der Waals surface area contributed by atoms with Crippen LogP contribution in [-0.2, 0) is 9.47 Å². The molecule has 0 radical (unpaired) electrons. The summed E-state index contributed by atoms with van der Waals surface area (Å²) in [4.78, 5) is 28.9. The van der Waals surface area contributed by atoms with Crippen LogP contribution in [0.2, 0.25) is 0 Å². The average Bonchev–Trinajstić information content (AvgIpc) is 2.75. The molecule has 0 atom stereocenters. The van der Waals surface area contributed by atoms with Crippen molar-refractivity contribution in [3.8, 4) is 0 Å². The topological polar surface area (TPSA) is 59.1 Å². The molecule has 0 aromatic heterocycles. The van der Waals surface area contributed by atoms with E-state index in [4.69, 9.17) is 9.47 Å². The lowest BCUT2D eigenvalue weighted by molar-refractivity contribution is 0.0351. The van der Waals surface area contributed by atoms with Gasteiger partial charge in [0.1, 0.15) is 13.2 Å². The van der Waals surface area contributed by atoms with E-state index in [0.29, 0.717) is 24.3 Å². The van der Waals surface area contributed by atoms with Gasteiger partial charge in [0, 0.05) is 39.3 Å². The highest BCUT2D eigenvalue weighted by Gasteiger charge is 2.18. The molecular weight excluding hydrogens is 380 g/mol. The summed E-state index contributed by atoms with van der Waals surface area (Å²) in [6, 6.07) is 14.9. The van der Waals surface area contributed by atoms with Crippen LogP contribution in [0.25, 0.3) is 0 Å². The molecule has 1 fully saturated rings. The van der Waals surface area contributed by atoms with E-state index < -0.39 is 0 Å². The third-order valence-corrected chi connectivity index (χ3v) is 5.48. The summed E-state index contributed by atoms with van der Waals surface area (Å²) >= 11 is 0. The molecule has 0 saturated carbocycles. The molecule has 30 heavy (non-hydrogen) atoms. The summed E-state index contributed by atoms with van der Waals surface area (Å²) in [5.74, 6) is -0.524. The van der Waals surface area contributed by atoms with Gasteiger partial charge in [-0.25, -0.2) is 9.59 Å². The number of hydrogen-bond acceptors (Lipinski definition) is 6. The van der Waals surface area contributed by atoms with Crippen molar-refractivity contribution in [1.82, 2.24) is 9.80 Å². The quantitative estimate of drug-likeness (QED) is 0.624. The summed E-state index contributed by atoms with van der Waals surface area (Å²) in [5, 5.41) is 0. The molecule has 1 aliphatic rings. The van der Waals surface area contributed by atoms with Gasteiger partial charge in [0.15, 0.2) is 0 Å². The number of piperazine rings is 1. The van der Waals surface area contributed by atoms with Gasteiger partial charge < -0.3 is 9.47 Å². The van der Waals surface area contributed by atoms with E-state index in [-0.39, 0.29) is 11.9 Å². The van der Waals surface area contributed by atoms with Gasteiger partial charge in [-0.05, 0) is 37.1 Å². The highest BCUT2D eigenvalue weighted by atomic mass is 16.5. The number of carbonyl (C=O) groups is 2. The number of ether oxygens (including phenoxy) is 2. The van der Waals surface area contributed by atoms with E-state index >= 15 is 0 Å². The molecule has 1 aliphatic heterocycles. The largest absolute Gasteiger partial charge is 0.461 e. The Morgan fingerprint density at radius 1 is 0.700 bits per heavy atom. The predicted molar refractivity (Wildman–Crippen MR) is 116 cm³/mol. The van der Waals surface area contributed by atoms with Crippen LogP contribution in [0.5, 0.6) is 0 Å². The van der Waals surface area contributed by atoms with Gasteiger partial charge in [0.25, 0.3) is 0 Å². The molecule has 2 aromatic rings. The van der Waals surface area contributed by atoms with Gasteiger partial charge in [-0.15, -0.1) is 0 Å². The number of aryl methyl sites for hydroxylation is 2. The van der Waals surface area contributed by atoms with Crippen molar-refractivity contribution in [2.24, 2.45) is 0 Å². The van der Waals surface area contributed by atoms with Crippen molar-refractivity contribution in [3.05, 3.63) is 70.8 Å². The predicted octanol–water partition coefficient (Wildman–Crippen LogP) is 2.93. The second-order valence-corrected chi connectivity index (χ2v) is 7.58. The smallest absolute Gasteiger partial charge is 0.338 e. The first-order valence-electron chi connectivity index (χ1n) is 10.4. The molecule has 3 rings (SSSR count). The van der Waals surface area contributed by atoms with Crippen molar-refractivity contribution < 1.29 is 19.1 Å². The maximum atomic E-state index is 12.2. The second kappa shape index (κ2) is 10.9. The van der Waals surface area contributed by atoms with Crippen LogP contribution in [0.4, 0.5) is 0 Å². The Hall–Kier alpha value is -2.70. The first-order chi connectivity index (χ1) is 14.5. The molecule has 6 nitrogen and oxygen atoms in total. The number of rotatable bonds is 8. The second-order valence-electron chi connectivity index (χ2n) is 7.58. The van der Waals surface area contributed by atoms with Crippen molar-refractivity contribution >= 4 is 11.9 Å². The number of benzene rings is 2. The van der Waals surface area contributed by atoms with Crippen molar-refractivity contribution in [3.63, 3.8) is 0 Å². The summed E-state index contributed by atoms with van der Waals surface area (Å²) < 4.78 is 10.9. The van der Waals surface area contributed by atoms with E-state index in [1.54, 1.807) is 12.1 Å². The van der Waals surface area contributed by atoms with Crippen molar-refractivity contribution in [1.29, 1.82) is 0 Å². The molecule has 0 bridgehead atoms.